The minimum atomic E-state index is 0.0278. The number of hydrogen-bond acceptors (Lipinski definition) is 3. The number of amides is 1. The summed E-state index contributed by atoms with van der Waals surface area (Å²) in [6.45, 7) is 3.17. The second kappa shape index (κ2) is 8.39. The summed E-state index contributed by atoms with van der Waals surface area (Å²) in [5.74, 6) is 1.50. The average Bonchev–Trinajstić information content (AvgIpc) is 2.61. The van der Waals surface area contributed by atoms with E-state index in [0.717, 1.165) is 34.4 Å². The van der Waals surface area contributed by atoms with Crippen molar-refractivity contribution in [3.8, 4) is 11.5 Å². The van der Waals surface area contributed by atoms with E-state index in [1.807, 2.05) is 37.3 Å². The Morgan fingerprint density at radius 1 is 1.08 bits per heavy atom. The van der Waals surface area contributed by atoms with Crippen LogP contribution < -0.4 is 14.8 Å². The Hall–Kier alpha value is -2.01. The maximum absolute atomic E-state index is 12.3. The summed E-state index contributed by atoms with van der Waals surface area (Å²) in [5, 5.41) is 3.07. The van der Waals surface area contributed by atoms with Gasteiger partial charge in [-0.1, -0.05) is 34.1 Å². The van der Waals surface area contributed by atoms with Crippen LogP contribution in [0.4, 0.5) is 0 Å². The lowest BCUT2D eigenvalue weighted by Gasteiger charge is -2.19. The highest BCUT2D eigenvalue weighted by Gasteiger charge is 2.14. The van der Waals surface area contributed by atoms with E-state index in [9.17, 15) is 4.79 Å². The normalized spacial score (nSPS) is 14.0. The Bertz CT molecular complexity index is 730. The maximum atomic E-state index is 12.3. The molecule has 0 fully saturated rings. The lowest BCUT2D eigenvalue weighted by atomic mass is 10.1. The van der Waals surface area contributed by atoms with E-state index in [1.54, 1.807) is 0 Å². The van der Waals surface area contributed by atoms with Crippen LogP contribution in [0, 0.1) is 0 Å². The van der Waals surface area contributed by atoms with Gasteiger partial charge in [-0.15, -0.1) is 0 Å². The third-order valence-corrected chi connectivity index (χ3v) is 4.69. The smallest absolute Gasteiger partial charge is 0.224 e. The van der Waals surface area contributed by atoms with E-state index in [4.69, 9.17) is 9.47 Å². The lowest BCUT2D eigenvalue weighted by molar-refractivity contribution is -0.121. The molecule has 1 amide bonds. The Morgan fingerprint density at radius 3 is 2.52 bits per heavy atom. The van der Waals surface area contributed by atoms with E-state index in [0.29, 0.717) is 19.6 Å². The van der Waals surface area contributed by atoms with Gasteiger partial charge in [0.2, 0.25) is 5.91 Å². The van der Waals surface area contributed by atoms with Crippen molar-refractivity contribution in [2.75, 3.05) is 13.2 Å². The van der Waals surface area contributed by atoms with Crippen LogP contribution >= 0.6 is 15.9 Å². The highest BCUT2D eigenvalue weighted by atomic mass is 79.9. The zero-order chi connectivity index (χ0) is 17.6. The number of fused-ring (bicyclic) bond motifs is 1. The largest absolute Gasteiger partial charge is 0.486 e. The molecule has 0 aromatic heterocycles. The number of nitrogens with one attached hydrogen (secondary N) is 1. The molecule has 1 aliphatic rings. The van der Waals surface area contributed by atoms with E-state index in [-0.39, 0.29) is 11.9 Å². The van der Waals surface area contributed by atoms with E-state index >= 15 is 0 Å². The molecule has 0 bridgehead atoms. The molecule has 1 unspecified atom stereocenters. The van der Waals surface area contributed by atoms with Crippen molar-refractivity contribution in [3.63, 3.8) is 0 Å². The van der Waals surface area contributed by atoms with Gasteiger partial charge >= 0.3 is 0 Å². The van der Waals surface area contributed by atoms with Gasteiger partial charge in [-0.05, 0) is 55.2 Å². The highest BCUT2D eigenvalue weighted by Crippen LogP contribution is 2.30. The van der Waals surface area contributed by atoms with Gasteiger partial charge in [-0.2, -0.15) is 0 Å². The predicted molar refractivity (Wildman–Crippen MR) is 101 cm³/mol. The molecule has 0 saturated carbocycles. The highest BCUT2D eigenvalue weighted by molar-refractivity contribution is 9.10. The number of ether oxygens (including phenoxy) is 2. The maximum Gasteiger partial charge on any atom is 0.224 e. The number of benzene rings is 2. The van der Waals surface area contributed by atoms with Crippen LogP contribution in [-0.2, 0) is 17.6 Å². The van der Waals surface area contributed by atoms with Crippen molar-refractivity contribution in [2.45, 2.75) is 32.2 Å². The Labute approximate surface area is 156 Å². The summed E-state index contributed by atoms with van der Waals surface area (Å²) in [6.07, 6.45) is 2.20. The molecule has 1 atom stereocenters. The second-order valence-electron chi connectivity index (χ2n) is 6.29. The van der Waals surface area contributed by atoms with E-state index < -0.39 is 0 Å². The Balaban J connectivity index is 1.47. The summed E-state index contributed by atoms with van der Waals surface area (Å²) < 4.78 is 12.1. The lowest BCUT2D eigenvalue weighted by Crippen LogP contribution is -2.34. The molecule has 25 heavy (non-hydrogen) atoms. The van der Waals surface area contributed by atoms with Crippen molar-refractivity contribution in [2.24, 2.45) is 0 Å². The number of hydrogen-bond donors (Lipinski definition) is 1. The molecule has 2 aromatic carbocycles. The summed E-state index contributed by atoms with van der Waals surface area (Å²) in [7, 11) is 0. The van der Waals surface area contributed by atoms with Gasteiger partial charge < -0.3 is 14.8 Å². The van der Waals surface area contributed by atoms with Crippen LogP contribution in [0.3, 0.4) is 0 Å². The number of carbonyl (C=O) groups is 1. The third-order valence-electron chi connectivity index (χ3n) is 4.16. The topological polar surface area (TPSA) is 47.6 Å². The third kappa shape index (κ3) is 5.23. The van der Waals surface area contributed by atoms with Gasteiger partial charge in [0.15, 0.2) is 11.5 Å². The summed E-state index contributed by atoms with van der Waals surface area (Å²) in [5.41, 5.74) is 2.21. The Kier molecular flexibility index (Phi) is 5.97. The van der Waals surface area contributed by atoms with Gasteiger partial charge in [-0.3, -0.25) is 4.79 Å². The number of rotatable bonds is 6. The molecule has 2 aromatic rings. The molecular weight excluding hydrogens is 382 g/mol. The van der Waals surface area contributed by atoms with Gasteiger partial charge in [-0.25, -0.2) is 0 Å². The first-order chi connectivity index (χ1) is 12.1. The van der Waals surface area contributed by atoms with Crippen LogP contribution in [0.2, 0.25) is 0 Å². The molecule has 0 aliphatic carbocycles. The van der Waals surface area contributed by atoms with Crippen molar-refractivity contribution >= 4 is 21.8 Å². The summed E-state index contributed by atoms with van der Waals surface area (Å²) >= 11 is 3.44. The molecule has 4 nitrogen and oxygen atoms in total. The van der Waals surface area contributed by atoms with Crippen molar-refractivity contribution < 1.29 is 14.3 Å². The molecular formula is C20H22BrNO3. The molecule has 1 aliphatic heterocycles. The van der Waals surface area contributed by atoms with Crippen LogP contribution in [0.15, 0.2) is 46.9 Å². The first-order valence-corrected chi connectivity index (χ1v) is 9.32. The molecule has 1 heterocycles. The monoisotopic (exact) mass is 403 g/mol. The molecule has 0 radical (unpaired) electrons. The zero-order valence-electron chi connectivity index (χ0n) is 14.3. The van der Waals surface area contributed by atoms with Crippen molar-refractivity contribution in [1.29, 1.82) is 0 Å². The van der Waals surface area contributed by atoms with Crippen LogP contribution in [-0.4, -0.2) is 25.2 Å². The standard InChI is InChI=1S/C20H22BrNO3/c1-14(2-3-15-4-7-17(21)8-5-15)22-20(23)13-16-6-9-18-19(12-16)25-11-10-24-18/h4-9,12,14H,2-3,10-11,13H2,1H3,(H,22,23). The van der Waals surface area contributed by atoms with Crippen LogP contribution in [0.25, 0.3) is 0 Å². The van der Waals surface area contributed by atoms with Crippen molar-refractivity contribution in [3.05, 3.63) is 58.1 Å². The van der Waals surface area contributed by atoms with Gasteiger partial charge in [0.05, 0.1) is 6.42 Å². The van der Waals surface area contributed by atoms with Gasteiger partial charge in [0.25, 0.3) is 0 Å². The Morgan fingerprint density at radius 2 is 1.76 bits per heavy atom. The fourth-order valence-electron chi connectivity index (χ4n) is 2.82. The first-order valence-electron chi connectivity index (χ1n) is 8.52. The quantitative estimate of drug-likeness (QED) is 0.795. The SMILES string of the molecule is CC(CCc1ccc(Br)cc1)NC(=O)Cc1ccc2c(c1)OCCO2. The fraction of sp³-hybridized carbons (Fsp3) is 0.350. The summed E-state index contributed by atoms with van der Waals surface area (Å²) in [6, 6.07) is 14.1. The van der Waals surface area contributed by atoms with Crippen LogP contribution in [0.1, 0.15) is 24.5 Å². The average molecular weight is 404 g/mol. The van der Waals surface area contributed by atoms with E-state index in [2.05, 4.69) is 33.4 Å². The molecule has 0 saturated heterocycles. The van der Waals surface area contributed by atoms with E-state index in [1.165, 1.54) is 5.56 Å². The minimum absolute atomic E-state index is 0.0278. The zero-order valence-corrected chi connectivity index (χ0v) is 15.8. The second-order valence-corrected chi connectivity index (χ2v) is 7.20. The number of aryl methyl sites for hydroxylation is 1. The molecule has 5 heteroatoms. The molecule has 1 N–H and O–H groups in total. The predicted octanol–water partition coefficient (Wildman–Crippen LogP) is 3.90. The molecule has 0 spiro atoms. The van der Waals surface area contributed by atoms with Crippen molar-refractivity contribution in [1.82, 2.24) is 5.32 Å². The molecule has 3 rings (SSSR count). The number of carbonyl (C=O) groups excluding carboxylic acids is 1. The first kappa shape index (κ1) is 17.8. The molecule has 132 valence electrons. The van der Waals surface area contributed by atoms with Crippen LogP contribution in [0.5, 0.6) is 11.5 Å². The van der Waals surface area contributed by atoms with Gasteiger partial charge in [0.1, 0.15) is 13.2 Å². The van der Waals surface area contributed by atoms with Gasteiger partial charge in [0, 0.05) is 10.5 Å². The fourth-order valence-corrected chi connectivity index (χ4v) is 3.08. The summed E-state index contributed by atoms with van der Waals surface area (Å²) in [4.78, 5) is 12.3. The number of halogens is 1. The minimum Gasteiger partial charge on any atom is -0.486 e.